The van der Waals surface area contributed by atoms with Gasteiger partial charge in [0.25, 0.3) is 0 Å². The Balaban J connectivity index is 2.61. The molecule has 0 aromatic carbocycles. The lowest BCUT2D eigenvalue weighted by Gasteiger charge is -2.03. The van der Waals surface area contributed by atoms with Crippen LogP contribution in [0.25, 0.3) is 0 Å². The Morgan fingerprint density at radius 3 is 2.92 bits per heavy atom. The van der Waals surface area contributed by atoms with Gasteiger partial charge < -0.3 is 14.9 Å². The van der Waals surface area contributed by atoms with Crippen molar-refractivity contribution in [1.82, 2.24) is 0 Å². The van der Waals surface area contributed by atoms with Crippen LogP contribution in [0.3, 0.4) is 0 Å². The molecule has 2 N–H and O–H groups in total. The van der Waals surface area contributed by atoms with Gasteiger partial charge in [-0.05, 0) is 19.9 Å². The van der Waals surface area contributed by atoms with E-state index >= 15 is 0 Å². The third kappa shape index (κ3) is 3.29. The monoisotopic (exact) mass is 183 g/mol. The molecule has 0 unspecified atom stereocenters. The third-order valence-corrected chi connectivity index (χ3v) is 1.48. The first-order chi connectivity index (χ1) is 6.22. The molecular formula is C9H13NO3. The van der Waals surface area contributed by atoms with Crippen molar-refractivity contribution in [3.05, 3.63) is 28.3 Å². The summed E-state index contributed by atoms with van der Waals surface area (Å²) in [5.74, 6) is 1.09. The van der Waals surface area contributed by atoms with E-state index in [9.17, 15) is 4.79 Å². The van der Waals surface area contributed by atoms with Gasteiger partial charge in [0.15, 0.2) is 0 Å². The van der Waals surface area contributed by atoms with E-state index in [1.54, 1.807) is 13.0 Å². The SMILES string of the molecule is Cc1cc(OCCCN)cc(=O)o1. The fourth-order valence-electron chi connectivity index (χ4n) is 0.932. The maximum Gasteiger partial charge on any atom is 0.339 e. The molecule has 1 aromatic heterocycles. The largest absolute Gasteiger partial charge is 0.493 e. The second kappa shape index (κ2) is 4.67. The van der Waals surface area contributed by atoms with Crippen molar-refractivity contribution in [2.24, 2.45) is 5.73 Å². The molecule has 0 saturated heterocycles. The van der Waals surface area contributed by atoms with Crippen LogP contribution in [0.2, 0.25) is 0 Å². The standard InChI is InChI=1S/C9H13NO3/c1-7-5-8(6-9(11)13-7)12-4-2-3-10/h5-6H,2-4,10H2,1H3. The molecule has 4 heteroatoms. The normalized spacial score (nSPS) is 10.0. The van der Waals surface area contributed by atoms with E-state index in [1.165, 1.54) is 6.07 Å². The molecule has 0 aliphatic heterocycles. The molecule has 0 fully saturated rings. The maximum atomic E-state index is 10.9. The highest BCUT2D eigenvalue weighted by Gasteiger charge is 1.97. The second-order valence-electron chi connectivity index (χ2n) is 2.71. The molecule has 0 aliphatic rings. The van der Waals surface area contributed by atoms with Gasteiger partial charge in [-0.25, -0.2) is 4.79 Å². The Hall–Kier alpha value is -1.29. The summed E-state index contributed by atoms with van der Waals surface area (Å²) in [5, 5.41) is 0. The van der Waals surface area contributed by atoms with Crippen molar-refractivity contribution in [3.8, 4) is 5.75 Å². The van der Waals surface area contributed by atoms with Crippen LogP contribution in [0.1, 0.15) is 12.2 Å². The number of nitrogens with two attached hydrogens (primary N) is 1. The van der Waals surface area contributed by atoms with Crippen molar-refractivity contribution in [3.63, 3.8) is 0 Å². The highest BCUT2D eigenvalue weighted by molar-refractivity contribution is 5.19. The van der Waals surface area contributed by atoms with E-state index in [-0.39, 0.29) is 5.63 Å². The van der Waals surface area contributed by atoms with Crippen LogP contribution in [-0.4, -0.2) is 13.2 Å². The zero-order valence-electron chi connectivity index (χ0n) is 7.58. The van der Waals surface area contributed by atoms with Gasteiger partial charge in [0.05, 0.1) is 12.7 Å². The summed E-state index contributed by atoms with van der Waals surface area (Å²) in [6.07, 6.45) is 0.777. The van der Waals surface area contributed by atoms with Crippen LogP contribution in [0, 0.1) is 6.92 Å². The molecule has 0 atom stereocenters. The van der Waals surface area contributed by atoms with E-state index in [1.807, 2.05) is 0 Å². The fourth-order valence-corrected chi connectivity index (χ4v) is 0.932. The van der Waals surface area contributed by atoms with E-state index in [0.29, 0.717) is 24.7 Å². The van der Waals surface area contributed by atoms with E-state index in [2.05, 4.69) is 0 Å². The molecule has 0 aliphatic carbocycles. The molecule has 0 saturated carbocycles. The molecular weight excluding hydrogens is 170 g/mol. The molecule has 13 heavy (non-hydrogen) atoms. The Bertz CT molecular complexity index is 319. The fraction of sp³-hybridized carbons (Fsp3) is 0.444. The number of hydrogen-bond donors (Lipinski definition) is 1. The predicted molar refractivity (Wildman–Crippen MR) is 48.9 cm³/mol. The highest BCUT2D eigenvalue weighted by Crippen LogP contribution is 2.09. The van der Waals surface area contributed by atoms with E-state index < -0.39 is 0 Å². The van der Waals surface area contributed by atoms with Gasteiger partial charge >= 0.3 is 5.63 Å². The average Bonchev–Trinajstić information content (AvgIpc) is 2.03. The molecule has 1 aromatic rings. The minimum atomic E-state index is -0.386. The molecule has 4 nitrogen and oxygen atoms in total. The van der Waals surface area contributed by atoms with E-state index in [0.717, 1.165) is 6.42 Å². The number of ether oxygens (including phenoxy) is 1. The van der Waals surface area contributed by atoms with Crippen LogP contribution in [-0.2, 0) is 0 Å². The first-order valence-electron chi connectivity index (χ1n) is 4.17. The Morgan fingerprint density at radius 2 is 2.31 bits per heavy atom. The van der Waals surface area contributed by atoms with Crippen LogP contribution < -0.4 is 16.1 Å². The second-order valence-corrected chi connectivity index (χ2v) is 2.71. The summed E-state index contributed by atoms with van der Waals surface area (Å²) in [6, 6.07) is 3.00. The minimum Gasteiger partial charge on any atom is -0.493 e. The van der Waals surface area contributed by atoms with Gasteiger partial charge in [-0.15, -0.1) is 0 Å². The molecule has 72 valence electrons. The first kappa shape index (κ1) is 9.80. The van der Waals surface area contributed by atoms with Crippen LogP contribution in [0.5, 0.6) is 5.75 Å². The lowest BCUT2D eigenvalue weighted by Crippen LogP contribution is -2.07. The van der Waals surface area contributed by atoms with Gasteiger partial charge in [0, 0.05) is 6.07 Å². The highest BCUT2D eigenvalue weighted by atomic mass is 16.5. The van der Waals surface area contributed by atoms with Gasteiger partial charge in [0.2, 0.25) is 0 Å². The summed E-state index contributed by atoms with van der Waals surface area (Å²) in [5.41, 5.74) is 4.91. The topological polar surface area (TPSA) is 65.5 Å². The summed E-state index contributed by atoms with van der Waals surface area (Å²) < 4.78 is 10.0. The quantitative estimate of drug-likeness (QED) is 0.697. The zero-order chi connectivity index (χ0) is 9.68. The van der Waals surface area contributed by atoms with Gasteiger partial charge in [-0.2, -0.15) is 0 Å². The summed E-state index contributed by atoms with van der Waals surface area (Å²) in [7, 11) is 0. The van der Waals surface area contributed by atoms with Gasteiger partial charge in [-0.1, -0.05) is 0 Å². The summed E-state index contributed by atoms with van der Waals surface area (Å²) in [6.45, 7) is 2.82. The minimum absolute atomic E-state index is 0.386. The van der Waals surface area contributed by atoms with Gasteiger partial charge in [0.1, 0.15) is 11.5 Å². The molecule has 0 bridgehead atoms. The molecule has 0 radical (unpaired) electrons. The summed E-state index contributed by atoms with van der Waals surface area (Å²) in [4.78, 5) is 10.9. The maximum absolute atomic E-state index is 10.9. The number of hydrogen-bond acceptors (Lipinski definition) is 4. The number of aryl methyl sites for hydroxylation is 1. The van der Waals surface area contributed by atoms with Crippen LogP contribution in [0.4, 0.5) is 0 Å². The smallest absolute Gasteiger partial charge is 0.339 e. The van der Waals surface area contributed by atoms with Crippen LogP contribution >= 0.6 is 0 Å². The Kier molecular flexibility index (Phi) is 3.52. The van der Waals surface area contributed by atoms with Crippen molar-refractivity contribution in [2.45, 2.75) is 13.3 Å². The molecule has 0 amide bonds. The van der Waals surface area contributed by atoms with Crippen molar-refractivity contribution in [1.29, 1.82) is 0 Å². The first-order valence-corrected chi connectivity index (χ1v) is 4.17. The molecule has 0 spiro atoms. The van der Waals surface area contributed by atoms with Gasteiger partial charge in [-0.3, -0.25) is 0 Å². The molecule has 1 heterocycles. The average molecular weight is 183 g/mol. The summed E-state index contributed by atoms with van der Waals surface area (Å²) >= 11 is 0. The molecule has 1 rings (SSSR count). The van der Waals surface area contributed by atoms with Crippen molar-refractivity contribution < 1.29 is 9.15 Å². The van der Waals surface area contributed by atoms with E-state index in [4.69, 9.17) is 14.9 Å². The van der Waals surface area contributed by atoms with Crippen molar-refractivity contribution >= 4 is 0 Å². The van der Waals surface area contributed by atoms with Crippen LogP contribution in [0.15, 0.2) is 21.3 Å². The van der Waals surface area contributed by atoms with Crippen molar-refractivity contribution in [2.75, 3.05) is 13.2 Å². The lowest BCUT2D eigenvalue weighted by atomic mass is 10.4. The Labute approximate surface area is 76.3 Å². The predicted octanol–water partition coefficient (Wildman–Crippen LogP) is 0.676. The lowest BCUT2D eigenvalue weighted by molar-refractivity contribution is 0.307. The zero-order valence-corrected chi connectivity index (χ0v) is 7.58. The number of rotatable bonds is 4. The third-order valence-electron chi connectivity index (χ3n) is 1.48. The Morgan fingerprint density at radius 1 is 1.54 bits per heavy atom.